The maximum absolute atomic E-state index is 12.3. The molecule has 0 aliphatic rings. The molecule has 0 saturated heterocycles. The van der Waals surface area contributed by atoms with Crippen molar-refractivity contribution in [2.24, 2.45) is 5.10 Å². The number of amides is 1. The summed E-state index contributed by atoms with van der Waals surface area (Å²) in [5.74, 6) is 1.88. The van der Waals surface area contributed by atoms with Crippen molar-refractivity contribution in [1.29, 1.82) is 0 Å². The summed E-state index contributed by atoms with van der Waals surface area (Å²) >= 11 is 0. The number of ether oxygens (including phenoxy) is 4. The lowest BCUT2D eigenvalue weighted by atomic mass is 10.1. The van der Waals surface area contributed by atoms with Gasteiger partial charge in [0.05, 0.1) is 34.2 Å². The lowest BCUT2D eigenvalue weighted by Crippen LogP contribution is -2.19. The predicted molar refractivity (Wildman–Crippen MR) is 98.8 cm³/mol. The number of hydrogen-bond donors (Lipinski definition) is 1. The van der Waals surface area contributed by atoms with Gasteiger partial charge in [0.2, 0.25) is 0 Å². The minimum Gasteiger partial charge on any atom is -0.493 e. The standard InChI is InChI=1S/C19H22N2O5/c1-12(13-6-8-15(23-2)17(10-13)25-4)20-21-19(22)14-7-9-16(24-3)18(11-14)26-5/h6-11H,1-5H3,(H,21,22). The van der Waals surface area contributed by atoms with Gasteiger partial charge in [-0.25, -0.2) is 5.43 Å². The zero-order valence-corrected chi connectivity index (χ0v) is 15.5. The van der Waals surface area contributed by atoms with E-state index < -0.39 is 0 Å². The van der Waals surface area contributed by atoms with Gasteiger partial charge in [0.1, 0.15) is 0 Å². The van der Waals surface area contributed by atoms with Crippen LogP contribution in [-0.4, -0.2) is 40.1 Å². The van der Waals surface area contributed by atoms with E-state index >= 15 is 0 Å². The Bertz CT molecular complexity index is 818. The molecule has 0 fully saturated rings. The van der Waals surface area contributed by atoms with Gasteiger partial charge in [-0.2, -0.15) is 5.10 Å². The molecule has 2 aromatic carbocycles. The molecule has 7 heteroatoms. The number of benzene rings is 2. The van der Waals surface area contributed by atoms with Gasteiger partial charge in [-0.15, -0.1) is 0 Å². The van der Waals surface area contributed by atoms with Gasteiger partial charge >= 0.3 is 0 Å². The fourth-order valence-corrected chi connectivity index (χ4v) is 2.30. The average molecular weight is 358 g/mol. The molecule has 138 valence electrons. The van der Waals surface area contributed by atoms with Gasteiger partial charge in [-0.3, -0.25) is 4.79 Å². The Morgan fingerprint density at radius 3 is 1.73 bits per heavy atom. The van der Waals surface area contributed by atoms with E-state index in [1.54, 1.807) is 51.5 Å². The first-order chi connectivity index (χ1) is 12.5. The normalized spacial score (nSPS) is 10.9. The highest BCUT2D eigenvalue weighted by molar-refractivity contribution is 6.01. The molecular formula is C19H22N2O5. The Balaban J connectivity index is 2.17. The highest BCUT2D eigenvalue weighted by Crippen LogP contribution is 2.28. The molecule has 0 aromatic heterocycles. The number of rotatable bonds is 7. The number of hydrazone groups is 1. The molecule has 0 spiro atoms. The molecule has 0 unspecified atom stereocenters. The van der Waals surface area contributed by atoms with Gasteiger partial charge in [-0.05, 0) is 43.3 Å². The highest BCUT2D eigenvalue weighted by atomic mass is 16.5. The topological polar surface area (TPSA) is 78.4 Å². The molecule has 1 amide bonds. The third-order valence-electron chi connectivity index (χ3n) is 3.77. The van der Waals surface area contributed by atoms with E-state index in [-0.39, 0.29) is 5.91 Å². The molecular weight excluding hydrogens is 336 g/mol. The summed E-state index contributed by atoms with van der Waals surface area (Å²) in [6.45, 7) is 1.79. The predicted octanol–water partition coefficient (Wildman–Crippen LogP) is 2.88. The third-order valence-corrected chi connectivity index (χ3v) is 3.77. The van der Waals surface area contributed by atoms with Gasteiger partial charge in [-0.1, -0.05) is 0 Å². The van der Waals surface area contributed by atoms with Crippen LogP contribution in [0.15, 0.2) is 41.5 Å². The van der Waals surface area contributed by atoms with Crippen molar-refractivity contribution >= 4 is 11.6 Å². The van der Waals surface area contributed by atoms with Crippen LogP contribution in [0.5, 0.6) is 23.0 Å². The van der Waals surface area contributed by atoms with Crippen LogP contribution in [-0.2, 0) is 0 Å². The molecule has 0 aliphatic heterocycles. The zero-order chi connectivity index (χ0) is 19.1. The van der Waals surface area contributed by atoms with E-state index in [2.05, 4.69) is 10.5 Å². The Kier molecular flexibility index (Phi) is 6.43. The second kappa shape index (κ2) is 8.75. The zero-order valence-electron chi connectivity index (χ0n) is 15.5. The van der Waals surface area contributed by atoms with Crippen LogP contribution in [0, 0.1) is 0 Å². The lowest BCUT2D eigenvalue weighted by Gasteiger charge is -2.10. The molecule has 0 heterocycles. The smallest absolute Gasteiger partial charge is 0.271 e. The van der Waals surface area contributed by atoms with E-state index in [4.69, 9.17) is 18.9 Å². The van der Waals surface area contributed by atoms with Crippen LogP contribution in [0.1, 0.15) is 22.8 Å². The van der Waals surface area contributed by atoms with E-state index in [1.165, 1.54) is 14.2 Å². The SMILES string of the molecule is COc1ccc(C(=O)NN=C(C)c2ccc(OC)c(OC)c2)cc1OC. The van der Waals surface area contributed by atoms with E-state index in [1.807, 2.05) is 6.07 Å². The summed E-state index contributed by atoms with van der Waals surface area (Å²) in [6.07, 6.45) is 0. The number of carbonyl (C=O) groups excluding carboxylic acids is 1. The summed E-state index contributed by atoms with van der Waals surface area (Å²) < 4.78 is 20.9. The maximum Gasteiger partial charge on any atom is 0.271 e. The van der Waals surface area contributed by atoms with Gasteiger partial charge in [0, 0.05) is 11.1 Å². The summed E-state index contributed by atoms with van der Waals surface area (Å²) in [7, 11) is 6.18. The molecule has 2 aromatic rings. The molecule has 0 bridgehead atoms. The van der Waals surface area contributed by atoms with Crippen LogP contribution in [0.4, 0.5) is 0 Å². The van der Waals surface area contributed by atoms with Crippen LogP contribution in [0.3, 0.4) is 0 Å². The Labute approximate surface area is 152 Å². The largest absolute Gasteiger partial charge is 0.493 e. The molecule has 7 nitrogen and oxygen atoms in total. The summed E-state index contributed by atoms with van der Waals surface area (Å²) in [5.41, 5.74) is 4.37. The van der Waals surface area contributed by atoms with Crippen LogP contribution in [0.25, 0.3) is 0 Å². The Morgan fingerprint density at radius 1 is 0.769 bits per heavy atom. The highest BCUT2D eigenvalue weighted by Gasteiger charge is 2.11. The molecule has 2 rings (SSSR count). The molecule has 0 aliphatic carbocycles. The lowest BCUT2D eigenvalue weighted by molar-refractivity contribution is 0.0954. The molecule has 0 atom stereocenters. The second-order valence-electron chi connectivity index (χ2n) is 5.28. The van der Waals surface area contributed by atoms with Crippen molar-refractivity contribution in [3.05, 3.63) is 47.5 Å². The van der Waals surface area contributed by atoms with Crippen molar-refractivity contribution in [3.8, 4) is 23.0 Å². The fraction of sp³-hybridized carbons (Fsp3) is 0.263. The van der Waals surface area contributed by atoms with Crippen molar-refractivity contribution < 1.29 is 23.7 Å². The molecule has 0 radical (unpaired) electrons. The number of nitrogens with one attached hydrogen (secondary N) is 1. The van der Waals surface area contributed by atoms with Crippen molar-refractivity contribution in [2.45, 2.75) is 6.92 Å². The first-order valence-corrected chi connectivity index (χ1v) is 7.83. The molecule has 0 saturated carbocycles. The second-order valence-corrected chi connectivity index (χ2v) is 5.28. The van der Waals surface area contributed by atoms with E-state index in [0.717, 1.165) is 5.56 Å². The van der Waals surface area contributed by atoms with Gasteiger partial charge < -0.3 is 18.9 Å². The minimum atomic E-state index is -0.356. The monoisotopic (exact) mass is 358 g/mol. The quantitative estimate of drug-likeness (QED) is 0.608. The Morgan fingerprint density at radius 2 is 1.23 bits per heavy atom. The average Bonchev–Trinajstić information content (AvgIpc) is 2.70. The number of carbonyl (C=O) groups is 1. The van der Waals surface area contributed by atoms with Crippen LogP contribution >= 0.6 is 0 Å². The summed E-state index contributed by atoms with van der Waals surface area (Å²) in [5, 5.41) is 4.15. The number of hydrogen-bond acceptors (Lipinski definition) is 6. The minimum absolute atomic E-state index is 0.356. The first-order valence-electron chi connectivity index (χ1n) is 7.83. The third kappa shape index (κ3) is 4.24. The molecule has 26 heavy (non-hydrogen) atoms. The number of methoxy groups -OCH3 is 4. The van der Waals surface area contributed by atoms with E-state index in [9.17, 15) is 4.79 Å². The maximum atomic E-state index is 12.3. The van der Waals surface area contributed by atoms with Crippen molar-refractivity contribution in [3.63, 3.8) is 0 Å². The van der Waals surface area contributed by atoms with E-state index in [0.29, 0.717) is 34.3 Å². The first kappa shape index (κ1) is 19.1. The fourth-order valence-electron chi connectivity index (χ4n) is 2.30. The van der Waals surface area contributed by atoms with Crippen LogP contribution < -0.4 is 24.4 Å². The van der Waals surface area contributed by atoms with Crippen molar-refractivity contribution in [2.75, 3.05) is 28.4 Å². The van der Waals surface area contributed by atoms with Gasteiger partial charge in [0.15, 0.2) is 23.0 Å². The summed E-state index contributed by atoms with van der Waals surface area (Å²) in [4.78, 5) is 12.3. The summed E-state index contributed by atoms with van der Waals surface area (Å²) in [6, 6.07) is 10.3. The van der Waals surface area contributed by atoms with Gasteiger partial charge in [0.25, 0.3) is 5.91 Å². The van der Waals surface area contributed by atoms with Crippen molar-refractivity contribution in [1.82, 2.24) is 5.43 Å². The van der Waals surface area contributed by atoms with Crippen LogP contribution in [0.2, 0.25) is 0 Å². The number of nitrogens with zero attached hydrogens (tertiary/aromatic N) is 1. The Hall–Kier alpha value is -3.22. The molecule has 1 N–H and O–H groups in total.